The molecule has 13 heavy (non-hydrogen) atoms. The first-order valence-corrected chi connectivity index (χ1v) is 3.58. The lowest BCUT2D eigenvalue weighted by Crippen LogP contribution is -2.20. The summed E-state index contributed by atoms with van der Waals surface area (Å²) in [6.07, 6.45) is -4.37. The van der Waals surface area contributed by atoms with Gasteiger partial charge in [0.25, 0.3) is 0 Å². The smallest absolute Gasteiger partial charge is 0.301 e. The van der Waals surface area contributed by atoms with E-state index in [1.807, 2.05) is 0 Å². The fourth-order valence-electron chi connectivity index (χ4n) is 0.618. The molecule has 3 nitrogen and oxygen atoms in total. The van der Waals surface area contributed by atoms with Crippen LogP contribution in [0.2, 0.25) is 0 Å². The molecular formula is C7H12F3N3. The van der Waals surface area contributed by atoms with E-state index in [0.29, 0.717) is 0 Å². The van der Waals surface area contributed by atoms with Gasteiger partial charge in [0.05, 0.1) is 0 Å². The molecule has 76 valence electrons. The molecule has 0 radical (unpaired) electrons. The van der Waals surface area contributed by atoms with Crippen molar-refractivity contribution in [2.75, 3.05) is 14.1 Å². The number of aliphatic imine (C=N–C) groups is 1. The van der Waals surface area contributed by atoms with Gasteiger partial charge in [0.2, 0.25) is 0 Å². The van der Waals surface area contributed by atoms with Crippen molar-refractivity contribution in [3.05, 3.63) is 0 Å². The molecule has 0 aromatic heterocycles. The topological polar surface area (TPSA) is 28.0 Å². The number of amidine groups is 1. The Balaban J connectivity index is 4.58. The molecule has 0 bridgehead atoms. The van der Waals surface area contributed by atoms with Crippen LogP contribution in [0.3, 0.4) is 0 Å². The van der Waals surface area contributed by atoms with Crippen molar-refractivity contribution in [3.63, 3.8) is 0 Å². The fourth-order valence-corrected chi connectivity index (χ4v) is 0.618. The van der Waals surface area contributed by atoms with Crippen LogP contribution in [0.4, 0.5) is 13.2 Å². The molecule has 0 aliphatic rings. The average molecular weight is 195 g/mol. The molecular weight excluding hydrogens is 183 g/mol. The predicted octanol–water partition coefficient (Wildman–Crippen LogP) is 1.90. The van der Waals surface area contributed by atoms with Crippen LogP contribution in [0.15, 0.2) is 10.1 Å². The molecule has 0 aromatic carbocycles. The predicted molar refractivity (Wildman–Crippen MR) is 46.0 cm³/mol. The minimum absolute atomic E-state index is 0.0832. The lowest BCUT2D eigenvalue weighted by atomic mass is 10.4. The second-order valence-corrected chi connectivity index (χ2v) is 2.69. The van der Waals surface area contributed by atoms with E-state index in [0.717, 1.165) is 6.92 Å². The van der Waals surface area contributed by atoms with Crippen LogP contribution in [-0.4, -0.2) is 36.8 Å². The minimum atomic E-state index is -4.37. The van der Waals surface area contributed by atoms with E-state index in [1.165, 1.54) is 11.9 Å². The monoisotopic (exact) mass is 195 g/mol. The number of hydrogen-bond donors (Lipinski definition) is 0. The van der Waals surface area contributed by atoms with Crippen LogP contribution in [0.25, 0.3) is 0 Å². The summed E-state index contributed by atoms with van der Waals surface area (Å²) >= 11 is 0. The highest BCUT2D eigenvalue weighted by atomic mass is 19.4. The van der Waals surface area contributed by atoms with Gasteiger partial charge in [0, 0.05) is 14.1 Å². The average Bonchev–Trinajstić information content (AvgIpc) is 1.82. The molecule has 0 saturated carbocycles. The second-order valence-electron chi connectivity index (χ2n) is 2.69. The van der Waals surface area contributed by atoms with Gasteiger partial charge in [-0.15, -0.1) is 0 Å². The largest absolute Gasteiger partial charge is 0.429 e. The van der Waals surface area contributed by atoms with Crippen LogP contribution in [0, 0.1) is 0 Å². The van der Waals surface area contributed by atoms with E-state index >= 15 is 0 Å². The summed E-state index contributed by atoms with van der Waals surface area (Å²) in [5.41, 5.74) is -0.893. The van der Waals surface area contributed by atoms with Crippen LogP contribution in [0.5, 0.6) is 0 Å². The molecule has 0 heterocycles. The number of alkyl halides is 3. The Morgan fingerprint density at radius 1 is 1.15 bits per heavy atom. The Labute approximate surface area is 74.9 Å². The van der Waals surface area contributed by atoms with Crippen LogP contribution in [-0.2, 0) is 0 Å². The summed E-state index contributed by atoms with van der Waals surface area (Å²) in [6.45, 7) is 2.32. The highest BCUT2D eigenvalue weighted by Gasteiger charge is 2.31. The van der Waals surface area contributed by atoms with E-state index in [9.17, 15) is 13.2 Å². The first kappa shape index (κ1) is 11.9. The lowest BCUT2D eigenvalue weighted by Gasteiger charge is -2.07. The van der Waals surface area contributed by atoms with Crippen molar-refractivity contribution in [1.82, 2.24) is 5.01 Å². The molecule has 0 atom stereocenters. The quantitative estimate of drug-likeness (QED) is 0.357. The standard InChI is InChI=1S/C7H12F3N3/c1-5(7(8,9)10)11-6(2)12-13(3)4/h1-4H3/b11-5?,12-6-. The first-order chi connectivity index (χ1) is 5.73. The fraction of sp³-hybridized carbons (Fsp3) is 0.714. The molecule has 0 fully saturated rings. The summed E-state index contributed by atoms with van der Waals surface area (Å²) in [7, 11) is 3.23. The lowest BCUT2D eigenvalue weighted by molar-refractivity contribution is -0.0590. The van der Waals surface area contributed by atoms with Crippen molar-refractivity contribution in [1.29, 1.82) is 0 Å². The number of hydrazone groups is 1. The molecule has 0 aliphatic heterocycles. The van der Waals surface area contributed by atoms with Gasteiger partial charge in [0.1, 0.15) is 11.5 Å². The first-order valence-electron chi connectivity index (χ1n) is 3.58. The Hall–Kier alpha value is -1.07. The van der Waals surface area contributed by atoms with Crippen LogP contribution >= 0.6 is 0 Å². The number of rotatable bonds is 1. The zero-order chi connectivity index (χ0) is 10.6. The van der Waals surface area contributed by atoms with Crippen LogP contribution in [0.1, 0.15) is 13.8 Å². The third-order valence-corrected chi connectivity index (χ3v) is 1.08. The summed E-state index contributed by atoms with van der Waals surface area (Å²) in [6, 6.07) is 0. The third kappa shape index (κ3) is 5.21. The van der Waals surface area contributed by atoms with Gasteiger partial charge in [-0.1, -0.05) is 0 Å². The van der Waals surface area contributed by atoms with Crippen molar-refractivity contribution in [3.8, 4) is 0 Å². The second kappa shape index (κ2) is 4.25. The maximum absolute atomic E-state index is 11.9. The summed E-state index contributed by atoms with van der Waals surface area (Å²) in [4.78, 5) is 3.29. The molecule has 6 heteroatoms. The molecule has 0 rings (SSSR count). The van der Waals surface area contributed by atoms with E-state index in [1.54, 1.807) is 14.1 Å². The molecule has 0 aromatic rings. The van der Waals surface area contributed by atoms with Gasteiger partial charge in [-0.2, -0.15) is 18.3 Å². The van der Waals surface area contributed by atoms with Gasteiger partial charge in [0.15, 0.2) is 0 Å². The molecule has 0 saturated heterocycles. The number of hydrogen-bond acceptors (Lipinski definition) is 2. The molecule has 0 spiro atoms. The van der Waals surface area contributed by atoms with E-state index in [-0.39, 0.29) is 5.84 Å². The molecule has 0 amide bonds. The molecule has 0 aliphatic carbocycles. The van der Waals surface area contributed by atoms with E-state index < -0.39 is 11.9 Å². The number of halogens is 3. The van der Waals surface area contributed by atoms with Gasteiger partial charge in [-0.25, -0.2) is 4.99 Å². The van der Waals surface area contributed by atoms with Crippen molar-refractivity contribution in [2.45, 2.75) is 20.0 Å². The SMILES string of the molecule is CC(=N/C(C)=N\N(C)C)C(F)(F)F. The highest BCUT2D eigenvalue weighted by molar-refractivity contribution is 5.98. The summed E-state index contributed by atoms with van der Waals surface area (Å²) < 4.78 is 35.8. The van der Waals surface area contributed by atoms with E-state index in [2.05, 4.69) is 10.1 Å². The highest BCUT2D eigenvalue weighted by Crippen LogP contribution is 2.16. The van der Waals surface area contributed by atoms with Crippen molar-refractivity contribution >= 4 is 11.5 Å². The Morgan fingerprint density at radius 2 is 1.62 bits per heavy atom. The molecule has 0 N–H and O–H groups in total. The Bertz CT molecular complexity index is 228. The number of nitrogens with zero attached hydrogens (tertiary/aromatic N) is 3. The Kier molecular flexibility index (Phi) is 3.90. The van der Waals surface area contributed by atoms with Gasteiger partial charge in [-0.3, -0.25) is 0 Å². The third-order valence-electron chi connectivity index (χ3n) is 1.08. The minimum Gasteiger partial charge on any atom is -0.301 e. The van der Waals surface area contributed by atoms with Crippen molar-refractivity contribution < 1.29 is 13.2 Å². The summed E-state index contributed by atoms with van der Waals surface area (Å²) in [5.74, 6) is 0.0832. The maximum Gasteiger partial charge on any atom is 0.429 e. The zero-order valence-corrected chi connectivity index (χ0v) is 7.98. The summed E-state index contributed by atoms with van der Waals surface area (Å²) in [5, 5.41) is 5.08. The molecule has 0 unspecified atom stereocenters. The van der Waals surface area contributed by atoms with Crippen molar-refractivity contribution in [2.24, 2.45) is 10.1 Å². The Morgan fingerprint density at radius 3 is 1.92 bits per heavy atom. The maximum atomic E-state index is 11.9. The van der Waals surface area contributed by atoms with Gasteiger partial charge in [-0.05, 0) is 13.8 Å². The van der Waals surface area contributed by atoms with Gasteiger partial charge >= 0.3 is 6.18 Å². The van der Waals surface area contributed by atoms with E-state index in [4.69, 9.17) is 0 Å². The van der Waals surface area contributed by atoms with Crippen LogP contribution < -0.4 is 0 Å². The normalized spacial score (nSPS) is 14.7. The zero-order valence-electron chi connectivity index (χ0n) is 7.98. The van der Waals surface area contributed by atoms with Gasteiger partial charge < -0.3 is 5.01 Å².